The first-order valence-corrected chi connectivity index (χ1v) is 26.2. The van der Waals surface area contributed by atoms with Crippen LogP contribution in [0.4, 0.5) is 66.7 Å². The van der Waals surface area contributed by atoms with Crippen LogP contribution in [0.15, 0.2) is 133 Å². The summed E-state index contributed by atoms with van der Waals surface area (Å²) in [5.41, 5.74) is 5.04. The van der Waals surface area contributed by atoms with E-state index in [4.69, 9.17) is 0 Å². The van der Waals surface area contributed by atoms with Crippen LogP contribution in [0.3, 0.4) is 0 Å². The second-order valence-electron chi connectivity index (χ2n) is 22.6. The van der Waals surface area contributed by atoms with Crippen LogP contribution in [-0.2, 0) is 16.2 Å². The van der Waals surface area contributed by atoms with Gasteiger partial charge < -0.3 is 9.80 Å². The number of nitrogens with zero attached hydrogens (tertiary/aromatic N) is 2. The number of halogens is 10. The standard InChI is InChI=1S/C65H50F10N2/c1-61-27-11-13-29-63(61,3)76(59-55(72)51(68)49(66)52(69)56(59)73)47-25-21-37(33-45(47)61)35-19-23-43-41(31-35)42-32-36(20-24-44(42)65(43,39-15-7-5-8-16-39)40-17-9-6-10-18-40)38-22-26-48-46(34-38)62(2)28-12-14-30-64(62,4)77(48)60-57(74)53(70)50(67)54(71)58(60)75/h5-10,15-26,31-34H,11-14,27-30H2,1-4H3. The highest BCUT2D eigenvalue weighted by atomic mass is 19.2. The van der Waals surface area contributed by atoms with Crippen molar-refractivity contribution >= 4 is 22.7 Å². The number of hydrogen-bond donors (Lipinski definition) is 0. The molecule has 0 bridgehead atoms. The number of rotatable bonds is 6. The summed E-state index contributed by atoms with van der Waals surface area (Å²) >= 11 is 0. The average Bonchev–Trinajstić information content (AvgIpc) is 3.95. The van der Waals surface area contributed by atoms with Gasteiger partial charge in [-0.1, -0.05) is 137 Å². The van der Waals surface area contributed by atoms with Gasteiger partial charge in [-0.25, -0.2) is 43.9 Å². The van der Waals surface area contributed by atoms with E-state index in [1.54, 1.807) is 12.1 Å². The number of benzene rings is 8. The van der Waals surface area contributed by atoms with E-state index in [0.29, 0.717) is 49.9 Å². The molecule has 4 unspecified atom stereocenters. The summed E-state index contributed by atoms with van der Waals surface area (Å²) in [6.45, 7) is 7.72. The molecule has 8 aromatic carbocycles. The third-order valence-electron chi connectivity index (χ3n) is 19.2. The van der Waals surface area contributed by atoms with Crippen LogP contribution < -0.4 is 9.80 Å². The summed E-state index contributed by atoms with van der Waals surface area (Å²) in [5, 5.41) is 0. The normalized spacial score (nSPS) is 23.6. The number of hydrogen-bond acceptors (Lipinski definition) is 2. The summed E-state index contributed by atoms with van der Waals surface area (Å²) in [4.78, 5) is 2.70. The van der Waals surface area contributed by atoms with Crippen molar-refractivity contribution in [2.75, 3.05) is 9.80 Å². The molecule has 2 fully saturated rings. The van der Waals surface area contributed by atoms with Crippen molar-refractivity contribution in [2.24, 2.45) is 0 Å². The Morgan fingerprint density at radius 2 is 0.636 bits per heavy atom. The van der Waals surface area contributed by atoms with Crippen LogP contribution >= 0.6 is 0 Å². The predicted molar refractivity (Wildman–Crippen MR) is 280 cm³/mol. The Labute approximate surface area is 439 Å². The van der Waals surface area contributed by atoms with E-state index >= 15 is 35.1 Å². The van der Waals surface area contributed by atoms with Crippen molar-refractivity contribution in [1.29, 1.82) is 0 Å². The zero-order chi connectivity index (χ0) is 53.9. The fourth-order valence-corrected chi connectivity index (χ4v) is 15.0. The Balaban J connectivity index is 1.000. The van der Waals surface area contributed by atoms with Crippen molar-refractivity contribution in [1.82, 2.24) is 0 Å². The minimum Gasteiger partial charge on any atom is -0.329 e. The molecule has 2 saturated carbocycles. The minimum absolute atomic E-state index is 0.374. The Morgan fingerprint density at radius 1 is 0.325 bits per heavy atom. The van der Waals surface area contributed by atoms with Gasteiger partial charge >= 0.3 is 0 Å². The topological polar surface area (TPSA) is 6.48 Å². The molecule has 2 heterocycles. The molecule has 0 spiro atoms. The van der Waals surface area contributed by atoms with Crippen molar-refractivity contribution in [3.8, 4) is 33.4 Å². The van der Waals surface area contributed by atoms with Gasteiger partial charge in [0.15, 0.2) is 46.5 Å². The van der Waals surface area contributed by atoms with Gasteiger partial charge in [-0.3, -0.25) is 0 Å². The van der Waals surface area contributed by atoms with Gasteiger partial charge in [0, 0.05) is 22.2 Å². The molecule has 5 aliphatic rings. The van der Waals surface area contributed by atoms with Crippen molar-refractivity contribution < 1.29 is 43.9 Å². The first-order valence-electron chi connectivity index (χ1n) is 26.2. The third-order valence-corrected chi connectivity index (χ3v) is 19.2. The number of anilines is 4. The SMILES string of the molecule is CC12CCCCC1(C)N(c1c(F)c(F)c(F)c(F)c1F)c1ccc(-c3ccc4c(c3)-c3cc(-c5ccc6c(c5)C5(C)CCCCC5(C)N6c5c(F)c(F)c(F)c(F)c5F)ccc3C4(c3ccccc3)c3ccccc3)cc12. The zero-order valence-electron chi connectivity index (χ0n) is 42.5. The fraction of sp³-hybridized carbons (Fsp3) is 0.262. The highest BCUT2D eigenvalue weighted by Crippen LogP contribution is 2.65. The molecule has 12 heteroatoms. The monoisotopic (exact) mass is 1050 g/mol. The van der Waals surface area contributed by atoms with Gasteiger partial charge in [-0.2, -0.15) is 0 Å². The van der Waals surface area contributed by atoms with E-state index in [9.17, 15) is 8.78 Å². The quantitative estimate of drug-likeness (QED) is 0.0930. The molecule has 0 aromatic heterocycles. The molecular formula is C65H50F10N2. The van der Waals surface area contributed by atoms with Crippen LogP contribution in [0.5, 0.6) is 0 Å². The largest absolute Gasteiger partial charge is 0.329 e. The van der Waals surface area contributed by atoms with Crippen molar-refractivity contribution in [3.63, 3.8) is 0 Å². The fourth-order valence-electron chi connectivity index (χ4n) is 15.0. The lowest BCUT2D eigenvalue weighted by molar-refractivity contribution is 0.192. The Bertz CT molecular complexity index is 3520. The lowest BCUT2D eigenvalue weighted by Crippen LogP contribution is -2.55. The zero-order valence-corrected chi connectivity index (χ0v) is 42.5. The Morgan fingerprint density at radius 3 is 1.00 bits per heavy atom. The maximum atomic E-state index is 15.9. The number of fused-ring (bicyclic) bond motifs is 9. The van der Waals surface area contributed by atoms with E-state index in [0.717, 1.165) is 79.6 Å². The summed E-state index contributed by atoms with van der Waals surface area (Å²) in [5.74, 6) is -19.9. The third kappa shape index (κ3) is 6.27. The predicted octanol–water partition coefficient (Wildman–Crippen LogP) is 18.3. The van der Waals surface area contributed by atoms with E-state index < -0.39 is 96.9 Å². The molecule has 0 radical (unpaired) electrons. The molecule has 13 rings (SSSR count). The molecule has 4 atom stereocenters. The first-order chi connectivity index (χ1) is 36.8. The molecule has 2 nitrogen and oxygen atoms in total. The minimum atomic E-state index is -2.21. The van der Waals surface area contributed by atoms with Gasteiger partial charge in [-0.05, 0) is 143 Å². The summed E-state index contributed by atoms with van der Waals surface area (Å²) in [7, 11) is 0. The van der Waals surface area contributed by atoms with Crippen LogP contribution in [0.1, 0.15) is 112 Å². The maximum absolute atomic E-state index is 15.9. The molecule has 2 aliphatic heterocycles. The molecule has 0 saturated heterocycles. The van der Waals surface area contributed by atoms with Crippen LogP contribution in [0, 0.1) is 58.2 Å². The van der Waals surface area contributed by atoms with Crippen LogP contribution in [0.25, 0.3) is 33.4 Å². The van der Waals surface area contributed by atoms with Gasteiger partial charge in [0.25, 0.3) is 0 Å². The summed E-state index contributed by atoms with van der Waals surface area (Å²) < 4.78 is 153. The Hall–Kier alpha value is -7.34. The molecule has 0 amide bonds. The van der Waals surface area contributed by atoms with E-state index in [1.807, 2.05) is 88.4 Å². The molecule has 3 aliphatic carbocycles. The lowest BCUT2D eigenvalue weighted by atomic mass is 9.61. The van der Waals surface area contributed by atoms with E-state index in [1.165, 1.54) is 9.80 Å². The van der Waals surface area contributed by atoms with Crippen LogP contribution in [-0.4, -0.2) is 11.1 Å². The van der Waals surface area contributed by atoms with Gasteiger partial charge in [-0.15, -0.1) is 0 Å². The summed E-state index contributed by atoms with van der Waals surface area (Å²) in [6, 6.07) is 44.3. The van der Waals surface area contributed by atoms with Crippen molar-refractivity contribution in [3.05, 3.63) is 225 Å². The molecular weight excluding hydrogens is 999 g/mol. The lowest BCUT2D eigenvalue weighted by Gasteiger charge is -2.50. The maximum Gasteiger partial charge on any atom is 0.200 e. The molecule has 77 heavy (non-hydrogen) atoms. The van der Waals surface area contributed by atoms with Gasteiger partial charge in [0.1, 0.15) is 11.4 Å². The molecule has 390 valence electrons. The first kappa shape index (κ1) is 49.2. The van der Waals surface area contributed by atoms with Crippen molar-refractivity contribution in [2.45, 2.75) is 106 Å². The molecule has 0 N–H and O–H groups in total. The van der Waals surface area contributed by atoms with Gasteiger partial charge in [0.05, 0.1) is 16.5 Å². The summed E-state index contributed by atoms with van der Waals surface area (Å²) in [6.07, 6.45) is 5.08. The second kappa shape index (κ2) is 16.8. The second-order valence-corrected chi connectivity index (χ2v) is 22.6. The smallest absolute Gasteiger partial charge is 0.200 e. The average molecular weight is 1050 g/mol. The Kier molecular flexibility index (Phi) is 10.8. The van der Waals surface area contributed by atoms with E-state index in [-0.39, 0.29) is 0 Å². The van der Waals surface area contributed by atoms with Crippen LogP contribution in [0.2, 0.25) is 0 Å². The van der Waals surface area contributed by atoms with Gasteiger partial charge in [0.2, 0.25) is 11.6 Å². The molecule has 8 aromatic rings. The highest BCUT2D eigenvalue weighted by molar-refractivity contribution is 5.92. The van der Waals surface area contributed by atoms with E-state index in [2.05, 4.69) is 60.7 Å². The highest BCUT2D eigenvalue weighted by Gasteiger charge is 2.61.